The molecule has 1 aromatic carbocycles. The molecule has 10 heteroatoms. The van der Waals surface area contributed by atoms with Crippen LogP contribution in [-0.4, -0.2) is 65.5 Å². The number of rotatable bonds is 13. The molecule has 1 aliphatic heterocycles. The normalized spacial score (nSPS) is 16.9. The van der Waals surface area contributed by atoms with Crippen molar-refractivity contribution < 1.29 is 29.0 Å². The van der Waals surface area contributed by atoms with E-state index in [0.29, 0.717) is 37.4 Å². The number of nitrogens with zero attached hydrogens (tertiary/aromatic N) is 1. The summed E-state index contributed by atoms with van der Waals surface area (Å²) in [6, 6.07) is 5.46. The third-order valence-electron chi connectivity index (χ3n) is 6.68. The van der Waals surface area contributed by atoms with Crippen LogP contribution in [0.3, 0.4) is 0 Å². The van der Waals surface area contributed by atoms with Gasteiger partial charge in [-0.2, -0.15) is 0 Å². The van der Waals surface area contributed by atoms with Gasteiger partial charge in [0.1, 0.15) is 24.1 Å². The largest absolute Gasteiger partial charge is 0.496 e. The molecular weight excluding hydrogens is 476 g/mol. The lowest BCUT2D eigenvalue weighted by molar-refractivity contribution is -0.131. The molecule has 3 atom stereocenters. The summed E-state index contributed by atoms with van der Waals surface area (Å²) in [5.41, 5.74) is 1.27. The average Bonchev–Trinajstić information content (AvgIpc) is 3.45. The third kappa shape index (κ3) is 6.68. The fraction of sp³-hybridized carbons (Fsp3) is 0.556. The van der Waals surface area contributed by atoms with Crippen molar-refractivity contribution in [2.75, 3.05) is 20.3 Å². The molecule has 1 aromatic heterocycles. The molecule has 1 saturated heterocycles. The number of benzene rings is 1. The van der Waals surface area contributed by atoms with E-state index in [-0.39, 0.29) is 18.2 Å². The van der Waals surface area contributed by atoms with Crippen molar-refractivity contribution in [2.45, 2.75) is 65.1 Å². The number of aromatic nitrogens is 1. The summed E-state index contributed by atoms with van der Waals surface area (Å²) in [5.74, 6) is -1.37. The third-order valence-corrected chi connectivity index (χ3v) is 6.68. The van der Waals surface area contributed by atoms with Crippen LogP contribution in [0.15, 0.2) is 24.3 Å². The standard InChI is InChI=1S/C27H38N4O6/c1-5-11-31-21-7-6-8-24(37-4)18(21)14-22(31)27(36)30-20(12-16(2)3)26(35)29-19(23(33)15-32)13-17-9-10-28-25(17)34/h6-8,14,16-17,19-20,32H,5,9-13,15H2,1-4H3,(H,28,34)(H,29,35)(H,30,36)/t17-,19-,20-/m0/s1. The van der Waals surface area contributed by atoms with Crippen molar-refractivity contribution in [1.29, 1.82) is 0 Å². The molecule has 3 rings (SSSR count). The quantitative estimate of drug-likeness (QED) is 0.321. The lowest BCUT2D eigenvalue weighted by Crippen LogP contribution is -2.53. The highest BCUT2D eigenvalue weighted by Crippen LogP contribution is 2.29. The van der Waals surface area contributed by atoms with Crippen LogP contribution in [0.4, 0.5) is 0 Å². The lowest BCUT2D eigenvalue weighted by Gasteiger charge is -2.25. The molecular formula is C27H38N4O6. The van der Waals surface area contributed by atoms with Crippen LogP contribution in [0.1, 0.15) is 56.9 Å². The van der Waals surface area contributed by atoms with Gasteiger partial charge in [-0.05, 0) is 49.8 Å². The number of aryl methyl sites for hydroxylation is 1. The second-order valence-electron chi connectivity index (χ2n) is 9.93. The first-order valence-corrected chi connectivity index (χ1v) is 12.9. The number of ether oxygens (including phenoxy) is 1. The number of ketones is 1. The van der Waals surface area contributed by atoms with Gasteiger partial charge in [-0.1, -0.05) is 26.8 Å². The summed E-state index contributed by atoms with van der Waals surface area (Å²) in [5, 5.41) is 18.5. The zero-order valence-electron chi connectivity index (χ0n) is 22.0. The lowest BCUT2D eigenvalue weighted by atomic mass is 9.95. The molecule has 10 nitrogen and oxygen atoms in total. The van der Waals surface area contributed by atoms with Crippen LogP contribution in [-0.2, 0) is 20.9 Å². The molecule has 0 aliphatic carbocycles. The van der Waals surface area contributed by atoms with Gasteiger partial charge in [0.05, 0.1) is 18.7 Å². The zero-order chi connectivity index (χ0) is 27.1. The van der Waals surface area contributed by atoms with Gasteiger partial charge in [0, 0.05) is 24.4 Å². The van der Waals surface area contributed by atoms with Gasteiger partial charge in [0.25, 0.3) is 5.91 Å². The van der Waals surface area contributed by atoms with Crippen LogP contribution in [0.5, 0.6) is 5.75 Å². The highest BCUT2D eigenvalue weighted by atomic mass is 16.5. The number of methoxy groups -OCH3 is 1. The number of amides is 3. The molecule has 1 fully saturated rings. The maximum atomic E-state index is 13.5. The van der Waals surface area contributed by atoms with Gasteiger partial charge < -0.3 is 30.4 Å². The van der Waals surface area contributed by atoms with Gasteiger partial charge in [0.15, 0.2) is 5.78 Å². The minimum Gasteiger partial charge on any atom is -0.496 e. The van der Waals surface area contributed by atoms with E-state index in [4.69, 9.17) is 4.74 Å². The topological polar surface area (TPSA) is 139 Å². The second-order valence-corrected chi connectivity index (χ2v) is 9.93. The summed E-state index contributed by atoms with van der Waals surface area (Å²) in [6.07, 6.45) is 1.81. The van der Waals surface area contributed by atoms with Crippen LogP contribution < -0.4 is 20.7 Å². The molecule has 37 heavy (non-hydrogen) atoms. The minimum atomic E-state index is -1.02. The van der Waals surface area contributed by atoms with E-state index in [1.54, 1.807) is 13.2 Å². The monoisotopic (exact) mass is 514 g/mol. The van der Waals surface area contributed by atoms with Crippen LogP contribution in [0.25, 0.3) is 10.9 Å². The molecule has 3 amide bonds. The van der Waals surface area contributed by atoms with Crippen molar-refractivity contribution in [3.8, 4) is 5.75 Å². The van der Waals surface area contributed by atoms with Crippen LogP contribution in [0.2, 0.25) is 0 Å². The number of fused-ring (bicyclic) bond motifs is 1. The predicted octanol–water partition coefficient (Wildman–Crippen LogP) is 1.78. The Hall–Kier alpha value is -3.40. The molecule has 4 N–H and O–H groups in total. The van der Waals surface area contributed by atoms with Gasteiger partial charge in [-0.15, -0.1) is 0 Å². The van der Waals surface area contributed by atoms with Gasteiger partial charge >= 0.3 is 0 Å². The Kier molecular flexibility index (Phi) is 9.68. The highest BCUT2D eigenvalue weighted by Gasteiger charge is 2.33. The minimum absolute atomic E-state index is 0.0743. The molecule has 202 valence electrons. The first-order chi connectivity index (χ1) is 17.7. The first-order valence-electron chi connectivity index (χ1n) is 12.9. The SMILES string of the molecule is CCCn1c(C(=O)N[C@@H](CC(C)C)C(=O)N[C@@H](C[C@@H]2CCNC2=O)C(=O)CO)cc2c(OC)cccc21. The van der Waals surface area contributed by atoms with Crippen molar-refractivity contribution in [1.82, 2.24) is 20.5 Å². The number of hydrogen-bond donors (Lipinski definition) is 4. The summed E-state index contributed by atoms with van der Waals surface area (Å²) >= 11 is 0. The number of carbonyl (C=O) groups excluding carboxylic acids is 4. The Morgan fingerprint density at radius 3 is 2.57 bits per heavy atom. The first kappa shape index (κ1) is 28.2. The van der Waals surface area contributed by atoms with Gasteiger partial charge in [-0.25, -0.2) is 0 Å². The van der Waals surface area contributed by atoms with E-state index in [0.717, 1.165) is 17.3 Å². The van der Waals surface area contributed by atoms with Crippen LogP contribution >= 0.6 is 0 Å². The molecule has 0 unspecified atom stereocenters. The number of carbonyl (C=O) groups is 4. The average molecular weight is 515 g/mol. The number of nitrogens with one attached hydrogen (secondary N) is 3. The number of aliphatic hydroxyl groups excluding tert-OH is 1. The summed E-state index contributed by atoms with van der Waals surface area (Å²) < 4.78 is 7.39. The summed E-state index contributed by atoms with van der Waals surface area (Å²) in [6.45, 7) is 6.26. The van der Waals surface area contributed by atoms with Crippen molar-refractivity contribution >= 4 is 34.4 Å². The smallest absolute Gasteiger partial charge is 0.268 e. The summed E-state index contributed by atoms with van der Waals surface area (Å²) in [7, 11) is 1.58. The molecule has 0 spiro atoms. The Bertz CT molecular complexity index is 1140. The van der Waals surface area contributed by atoms with Gasteiger partial charge in [-0.3, -0.25) is 19.2 Å². The molecule has 0 radical (unpaired) electrons. The van der Waals surface area contributed by atoms with Crippen molar-refractivity contribution in [3.05, 3.63) is 30.0 Å². The number of hydrogen-bond acceptors (Lipinski definition) is 6. The second kappa shape index (κ2) is 12.7. The fourth-order valence-electron chi connectivity index (χ4n) is 4.83. The van der Waals surface area contributed by atoms with Gasteiger partial charge in [0.2, 0.25) is 11.8 Å². The van der Waals surface area contributed by atoms with E-state index < -0.39 is 42.2 Å². The predicted molar refractivity (Wildman–Crippen MR) is 139 cm³/mol. The van der Waals surface area contributed by atoms with Crippen LogP contribution in [0, 0.1) is 11.8 Å². The Morgan fingerprint density at radius 1 is 1.22 bits per heavy atom. The fourth-order valence-corrected chi connectivity index (χ4v) is 4.83. The molecule has 0 bridgehead atoms. The Morgan fingerprint density at radius 2 is 1.97 bits per heavy atom. The van der Waals surface area contributed by atoms with E-state index >= 15 is 0 Å². The maximum absolute atomic E-state index is 13.5. The van der Waals surface area contributed by atoms with E-state index in [1.165, 1.54) is 0 Å². The van der Waals surface area contributed by atoms with E-state index in [2.05, 4.69) is 16.0 Å². The highest BCUT2D eigenvalue weighted by molar-refractivity contribution is 6.02. The maximum Gasteiger partial charge on any atom is 0.268 e. The molecule has 2 heterocycles. The van der Waals surface area contributed by atoms with E-state index in [9.17, 15) is 24.3 Å². The molecule has 2 aromatic rings. The van der Waals surface area contributed by atoms with Crippen molar-refractivity contribution in [3.63, 3.8) is 0 Å². The molecule has 1 aliphatic rings. The Balaban J connectivity index is 1.85. The Labute approximate surface area is 217 Å². The zero-order valence-corrected chi connectivity index (χ0v) is 22.0. The molecule has 0 saturated carbocycles. The van der Waals surface area contributed by atoms with Crippen molar-refractivity contribution in [2.24, 2.45) is 11.8 Å². The summed E-state index contributed by atoms with van der Waals surface area (Å²) in [4.78, 5) is 51.3. The number of aliphatic hydroxyl groups is 1. The number of Topliss-reactive ketones (excluding diaryl/α,β-unsaturated/α-hetero) is 1. The van der Waals surface area contributed by atoms with E-state index in [1.807, 2.05) is 43.5 Å².